The number of hydrogen-bond acceptors (Lipinski definition) is 5. The summed E-state index contributed by atoms with van der Waals surface area (Å²) >= 11 is 0. The Morgan fingerprint density at radius 2 is 2.00 bits per heavy atom. The van der Waals surface area contributed by atoms with Crippen LogP contribution in [0.25, 0.3) is 11.3 Å². The van der Waals surface area contributed by atoms with Crippen molar-refractivity contribution >= 4 is 15.9 Å². The minimum atomic E-state index is -4.08. The number of halogens is 1. The normalized spacial score (nSPS) is 11.5. The van der Waals surface area contributed by atoms with Crippen LogP contribution >= 0.6 is 0 Å². The Labute approximate surface area is 119 Å². The van der Waals surface area contributed by atoms with Crippen LogP contribution in [0.2, 0.25) is 0 Å². The number of rotatable bonds is 4. The van der Waals surface area contributed by atoms with E-state index in [1.807, 2.05) is 0 Å². The largest absolute Gasteiger partial charge is 0.472 e. The molecular formula is C13H9FN2O4S. The highest BCUT2D eigenvalue weighted by Gasteiger charge is 2.20. The van der Waals surface area contributed by atoms with Crippen LogP contribution in [0.15, 0.2) is 62.8 Å². The molecule has 0 radical (unpaired) electrons. The van der Waals surface area contributed by atoms with Gasteiger partial charge in [0.15, 0.2) is 0 Å². The first-order valence-electron chi connectivity index (χ1n) is 5.83. The van der Waals surface area contributed by atoms with Crippen molar-refractivity contribution in [3.8, 4) is 11.3 Å². The van der Waals surface area contributed by atoms with Gasteiger partial charge >= 0.3 is 0 Å². The fraction of sp³-hybridized carbons (Fsp3) is 0. The van der Waals surface area contributed by atoms with Gasteiger partial charge in [-0.1, -0.05) is 17.3 Å². The lowest BCUT2D eigenvalue weighted by atomic mass is 10.2. The summed E-state index contributed by atoms with van der Waals surface area (Å²) in [4.78, 5) is -0.466. The predicted octanol–water partition coefficient (Wildman–Crippen LogP) is 2.87. The Balaban J connectivity index is 1.88. The first kappa shape index (κ1) is 13.4. The van der Waals surface area contributed by atoms with Crippen LogP contribution in [0.1, 0.15) is 0 Å². The average molecular weight is 308 g/mol. The smallest absolute Gasteiger partial charge is 0.267 e. The van der Waals surface area contributed by atoms with Crippen molar-refractivity contribution in [1.29, 1.82) is 0 Å². The summed E-state index contributed by atoms with van der Waals surface area (Å²) < 4.78 is 49.6. The molecule has 0 aliphatic carbocycles. The number of furan rings is 1. The molecule has 6 nitrogen and oxygen atoms in total. The van der Waals surface area contributed by atoms with Crippen molar-refractivity contribution in [3.05, 3.63) is 54.7 Å². The first-order valence-corrected chi connectivity index (χ1v) is 7.31. The van der Waals surface area contributed by atoms with Gasteiger partial charge in [0, 0.05) is 11.6 Å². The van der Waals surface area contributed by atoms with Crippen molar-refractivity contribution in [2.75, 3.05) is 4.72 Å². The molecule has 0 aliphatic heterocycles. The van der Waals surface area contributed by atoms with Crippen molar-refractivity contribution in [2.45, 2.75) is 4.90 Å². The molecule has 0 saturated carbocycles. The molecule has 0 aliphatic rings. The standard InChI is InChI=1S/C13H9FN2O4S/c14-10-3-1-2-4-12(10)21(17,18)16-13-7-11(15-20-13)9-5-6-19-8-9/h1-8,16H. The van der Waals surface area contributed by atoms with Crippen LogP contribution in [0.3, 0.4) is 0 Å². The van der Waals surface area contributed by atoms with Gasteiger partial charge in [-0.05, 0) is 18.2 Å². The van der Waals surface area contributed by atoms with E-state index in [1.165, 1.54) is 30.7 Å². The summed E-state index contributed by atoms with van der Waals surface area (Å²) in [5.74, 6) is -0.964. The monoisotopic (exact) mass is 308 g/mol. The number of nitrogens with zero attached hydrogens (tertiary/aromatic N) is 1. The van der Waals surface area contributed by atoms with Crippen molar-refractivity contribution in [2.24, 2.45) is 0 Å². The maximum Gasteiger partial charge on any atom is 0.267 e. The summed E-state index contributed by atoms with van der Waals surface area (Å²) in [6, 6.07) is 8.07. The lowest BCUT2D eigenvalue weighted by Crippen LogP contribution is -2.13. The number of aromatic nitrogens is 1. The van der Waals surface area contributed by atoms with E-state index in [2.05, 4.69) is 9.88 Å². The van der Waals surface area contributed by atoms with Gasteiger partial charge in [-0.15, -0.1) is 0 Å². The van der Waals surface area contributed by atoms with Crippen LogP contribution < -0.4 is 4.72 Å². The van der Waals surface area contributed by atoms with Gasteiger partial charge in [-0.2, -0.15) is 0 Å². The Hall–Kier alpha value is -2.61. The number of hydrogen-bond donors (Lipinski definition) is 1. The average Bonchev–Trinajstić information content (AvgIpc) is 3.09. The summed E-state index contributed by atoms with van der Waals surface area (Å²) in [5, 5.41) is 3.70. The van der Waals surface area contributed by atoms with Crippen LogP contribution in [0, 0.1) is 5.82 Å². The molecule has 1 aromatic carbocycles. The Morgan fingerprint density at radius 1 is 1.19 bits per heavy atom. The van der Waals surface area contributed by atoms with E-state index in [9.17, 15) is 12.8 Å². The second-order valence-corrected chi connectivity index (χ2v) is 5.78. The molecule has 0 unspecified atom stereocenters. The topological polar surface area (TPSA) is 85.3 Å². The molecule has 21 heavy (non-hydrogen) atoms. The zero-order valence-corrected chi connectivity index (χ0v) is 11.3. The molecule has 3 rings (SSSR count). The Morgan fingerprint density at radius 3 is 2.71 bits per heavy atom. The van der Waals surface area contributed by atoms with Gasteiger partial charge in [0.2, 0.25) is 5.88 Å². The zero-order chi connectivity index (χ0) is 14.9. The van der Waals surface area contributed by atoms with E-state index in [0.717, 1.165) is 12.1 Å². The quantitative estimate of drug-likeness (QED) is 0.801. The van der Waals surface area contributed by atoms with Gasteiger partial charge in [0.25, 0.3) is 10.0 Å². The lowest BCUT2D eigenvalue weighted by molar-refractivity contribution is 0.438. The summed E-state index contributed by atoms with van der Waals surface area (Å²) in [7, 11) is -4.08. The van der Waals surface area contributed by atoms with Gasteiger partial charge in [0.05, 0.1) is 12.5 Å². The van der Waals surface area contributed by atoms with E-state index in [1.54, 1.807) is 6.07 Å². The van der Waals surface area contributed by atoms with E-state index in [4.69, 9.17) is 8.94 Å². The fourth-order valence-corrected chi connectivity index (χ4v) is 2.77. The summed E-state index contributed by atoms with van der Waals surface area (Å²) in [6.45, 7) is 0. The first-order chi connectivity index (χ1) is 10.1. The minimum absolute atomic E-state index is 0.116. The predicted molar refractivity (Wildman–Crippen MR) is 71.4 cm³/mol. The number of benzene rings is 1. The minimum Gasteiger partial charge on any atom is -0.472 e. The van der Waals surface area contributed by atoms with Crippen molar-refractivity contribution < 1.29 is 21.7 Å². The van der Waals surface area contributed by atoms with Crippen LogP contribution in [-0.2, 0) is 10.0 Å². The SMILES string of the molecule is O=S(=O)(Nc1cc(-c2ccoc2)no1)c1ccccc1F. The molecule has 0 bridgehead atoms. The van der Waals surface area contributed by atoms with Gasteiger partial charge in [0.1, 0.15) is 16.4 Å². The van der Waals surface area contributed by atoms with Crippen LogP contribution in [0.4, 0.5) is 10.3 Å². The highest BCUT2D eigenvalue weighted by Crippen LogP contribution is 2.24. The molecule has 2 heterocycles. The molecule has 0 spiro atoms. The highest BCUT2D eigenvalue weighted by atomic mass is 32.2. The third kappa shape index (κ3) is 2.65. The van der Waals surface area contributed by atoms with Crippen molar-refractivity contribution in [3.63, 3.8) is 0 Å². The van der Waals surface area contributed by atoms with Crippen molar-refractivity contribution in [1.82, 2.24) is 5.16 Å². The molecule has 3 aromatic rings. The summed E-state index contributed by atoms with van der Waals surface area (Å²) in [6.07, 6.45) is 2.89. The lowest BCUT2D eigenvalue weighted by Gasteiger charge is -2.04. The maximum atomic E-state index is 13.5. The number of anilines is 1. The van der Waals surface area contributed by atoms with E-state index in [-0.39, 0.29) is 5.88 Å². The second-order valence-electron chi connectivity index (χ2n) is 4.12. The van der Waals surface area contributed by atoms with E-state index >= 15 is 0 Å². The fourth-order valence-electron chi connectivity index (χ4n) is 1.72. The van der Waals surface area contributed by atoms with Crippen LogP contribution in [-0.4, -0.2) is 13.6 Å². The molecular weight excluding hydrogens is 299 g/mol. The van der Waals surface area contributed by atoms with Gasteiger partial charge < -0.3 is 8.94 Å². The molecule has 0 fully saturated rings. The zero-order valence-electron chi connectivity index (χ0n) is 10.5. The molecule has 0 amide bonds. The molecule has 8 heteroatoms. The summed E-state index contributed by atoms with van der Waals surface area (Å²) in [5.41, 5.74) is 1.03. The highest BCUT2D eigenvalue weighted by molar-refractivity contribution is 7.92. The molecule has 108 valence electrons. The molecule has 0 atom stereocenters. The maximum absolute atomic E-state index is 13.5. The number of sulfonamides is 1. The third-order valence-electron chi connectivity index (χ3n) is 2.69. The van der Waals surface area contributed by atoms with E-state index in [0.29, 0.717) is 11.3 Å². The third-order valence-corrected chi connectivity index (χ3v) is 4.07. The molecule has 1 N–H and O–H groups in total. The number of nitrogens with one attached hydrogen (secondary N) is 1. The Bertz CT molecular complexity index is 856. The molecule has 2 aromatic heterocycles. The second kappa shape index (κ2) is 5.06. The van der Waals surface area contributed by atoms with Gasteiger partial charge in [-0.3, -0.25) is 0 Å². The van der Waals surface area contributed by atoms with E-state index < -0.39 is 20.7 Å². The van der Waals surface area contributed by atoms with Gasteiger partial charge in [-0.25, -0.2) is 17.5 Å². The van der Waals surface area contributed by atoms with Crippen LogP contribution in [0.5, 0.6) is 0 Å². The Kier molecular flexibility index (Phi) is 3.22. The molecule has 0 saturated heterocycles.